The van der Waals surface area contributed by atoms with Gasteiger partial charge in [0.2, 0.25) is 5.95 Å². The highest BCUT2D eigenvalue weighted by atomic mass is 19.1. The average Bonchev–Trinajstić information content (AvgIpc) is 3.04. The Hall–Kier alpha value is -3.56. The molecule has 1 aromatic heterocycles. The molecular weight excluding hydrogens is 437 g/mol. The third kappa shape index (κ3) is 8.09. The molecule has 0 fully saturated rings. The molecule has 182 valence electrons. The van der Waals surface area contributed by atoms with E-state index in [1.165, 1.54) is 18.3 Å². The number of carbonyl (C=O) groups is 2. The van der Waals surface area contributed by atoms with E-state index in [0.717, 1.165) is 44.2 Å². The summed E-state index contributed by atoms with van der Waals surface area (Å²) in [6.45, 7) is 1.77. The van der Waals surface area contributed by atoms with Crippen molar-refractivity contribution in [3.05, 3.63) is 47.7 Å². The molecule has 3 rings (SSSR count). The highest BCUT2D eigenvalue weighted by Crippen LogP contribution is 2.15. The van der Waals surface area contributed by atoms with Crippen molar-refractivity contribution < 1.29 is 14.0 Å². The van der Waals surface area contributed by atoms with Gasteiger partial charge < -0.3 is 21.3 Å². The number of alkyl halides is 1. The maximum absolute atomic E-state index is 13.4. The van der Waals surface area contributed by atoms with Crippen LogP contribution < -0.4 is 21.3 Å². The van der Waals surface area contributed by atoms with Crippen molar-refractivity contribution in [2.24, 2.45) is 0 Å². The van der Waals surface area contributed by atoms with Gasteiger partial charge in [-0.25, -0.2) is 9.37 Å². The second-order valence-electron chi connectivity index (χ2n) is 8.17. The largest absolute Gasteiger partial charge is 0.369 e. The van der Waals surface area contributed by atoms with Gasteiger partial charge in [0, 0.05) is 38.8 Å². The maximum atomic E-state index is 13.4. The quantitative estimate of drug-likeness (QED) is 0.463. The van der Waals surface area contributed by atoms with Crippen LogP contribution in [0.3, 0.4) is 0 Å². The molecule has 1 unspecified atom stereocenters. The first-order chi connectivity index (χ1) is 16.5. The Kier molecular flexibility index (Phi) is 9.75. The number of amides is 2. The van der Waals surface area contributed by atoms with Crippen LogP contribution in [0.15, 0.2) is 42.2 Å². The number of hydrogen-bond donors (Lipinski definition) is 5. The first-order valence-electron chi connectivity index (χ1n) is 11.7. The molecule has 0 saturated heterocycles. The number of allylic oxidation sites excluding steroid dienone is 4. The number of aromatic nitrogens is 2. The summed E-state index contributed by atoms with van der Waals surface area (Å²) in [6, 6.07) is 0. The average molecular weight is 470 g/mol. The Balaban J connectivity index is 1.69. The summed E-state index contributed by atoms with van der Waals surface area (Å²) in [5, 5.41) is 19.9. The molecule has 0 spiro atoms. The Bertz CT molecular complexity index is 974. The van der Waals surface area contributed by atoms with E-state index in [-0.39, 0.29) is 42.6 Å². The van der Waals surface area contributed by atoms with Gasteiger partial charge in [0.15, 0.2) is 0 Å². The number of nitrogens with zero attached hydrogens (tertiary/aromatic N) is 2. The summed E-state index contributed by atoms with van der Waals surface area (Å²) in [5.41, 5.74) is 0.980. The molecule has 0 saturated carbocycles. The van der Waals surface area contributed by atoms with Crippen molar-refractivity contribution in [1.29, 1.82) is 5.41 Å². The van der Waals surface area contributed by atoms with E-state index in [4.69, 9.17) is 5.41 Å². The van der Waals surface area contributed by atoms with Gasteiger partial charge in [0.1, 0.15) is 17.6 Å². The highest BCUT2D eigenvalue weighted by molar-refractivity contribution is 6.37. The topological polar surface area (TPSA) is 132 Å². The molecule has 2 bridgehead atoms. The van der Waals surface area contributed by atoms with Gasteiger partial charge in [0.05, 0.1) is 5.71 Å². The minimum absolute atomic E-state index is 0.0264. The standard InChI is InChI=1S/C24H32FN7O2/c25-18-8-6-7-17(9-10-18)15-30-22(33)19-16-31-24-29-13-5-3-1-2-4-12-28-23(34)20(26)11-14-27-21(19)32-24/h6-10,16,18,26H,1-5,11-15H2,(H,28,34)(H,30,33)(H2,27,29,31,32). The van der Waals surface area contributed by atoms with Crippen molar-refractivity contribution in [3.8, 4) is 0 Å². The predicted molar refractivity (Wildman–Crippen MR) is 131 cm³/mol. The molecule has 2 heterocycles. The number of carbonyl (C=O) groups excluding carboxylic acids is 2. The highest BCUT2D eigenvalue weighted by Gasteiger charge is 2.16. The SMILES string of the molecule is N=C1CCNc2nc(ncc2C(=O)NCC2=CC=CC(F)C=C2)NCCCCCCCNC1=O. The maximum Gasteiger partial charge on any atom is 0.265 e. The molecule has 2 amide bonds. The molecule has 1 atom stereocenters. The van der Waals surface area contributed by atoms with Gasteiger partial charge in [-0.15, -0.1) is 0 Å². The monoisotopic (exact) mass is 469 g/mol. The summed E-state index contributed by atoms with van der Waals surface area (Å²) in [7, 11) is 0. The Labute approximate surface area is 198 Å². The molecule has 1 aliphatic carbocycles. The Morgan fingerprint density at radius 3 is 2.68 bits per heavy atom. The van der Waals surface area contributed by atoms with Crippen molar-refractivity contribution in [1.82, 2.24) is 20.6 Å². The van der Waals surface area contributed by atoms with E-state index >= 15 is 0 Å². The Morgan fingerprint density at radius 1 is 1.09 bits per heavy atom. The minimum atomic E-state index is -1.15. The van der Waals surface area contributed by atoms with Crippen LogP contribution in [0.25, 0.3) is 0 Å². The molecule has 0 radical (unpaired) electrons. The van der Waals surface area contributed by atoms with Gasteiger partial charge in [-0.2, -0.15) is 4.98 Å². The fourth-order valence-corrected chi connectivity index (χ4v) is 3.49. The van der Waals surface area contributed by atoms with Crippen LogP contribution in [0.1, 0.15) is 48.9 Å². The molecule has 1 aliphatic heterocycles. The van der Waals surface area contributed by atoms with Crippen molar-refractivity contribution in [3.63, 3.8) is 0 Å². The number of halogens is 1. The van der Waals surface area contributed by atoms with Crippen LogP contribution in [-0.4, -0.2) is 59.8 Å². The molecular formula is C24H32FN7O2. The van der Waals surface area contributed by atoms with Crippen molar-refractivity contribution >= 4 is 29.3 Å². The van der Waals surface area contributed by atoms with E-state index in [2.05, 4.69) is 31.2 Å². The molecule has 2 aliphatic rings. The smallest absolute Gasteiger partial charge is 0.265 e. The van der Waals surface area contributed by atoms with E-state index in [1.54, 1.807) is 18.2 Å². The van der Waals surface area contributed by atoms with E-state index in [0.29, 0.717) is 18.3 Å². The molecule has 1 aromatic rings. The molecule has 9 nitrogen and oxygen atoms in total. The zero-order valence-electron chi connectivity index (χ0n) is 19.2. The summed E-state index contributed by atoms with van der Waals surface area (Å²) >= 11 is 0. The van der Waals surface area contributed by atoms with Crippen LogP contribution >= 0.6 is 0 Å². The third-order valence-corrected chi connectivity index (χ3v) is 5.45. The Morgan fingerprint density at radius 2 is 1.85 bits per heavy atom. The van der Waals surface area contributed by atoms with Gasteiger partial charge >= 0.3 is 0 Å². The molecule has 10 heteroatoms. The molecule has 34 heavy (non-hydrogen) atoms. The fraction of sp³-hybridized carbons (Fsp3) is 0.458. The van der Waals surface area contributed by atoms with E-state index < -0.39 is 6.17 Å². The number of rotatable bonds is 3. The lowest BCUT2D eigenvalue weighted by Gasteiger charge is -2.13. The second-order valence-corrected chi connectivity index (χ2v) is 8.17. The number of fused-ring (bicyclic) bond motifs is 2. The normalized spacial score (nSPS) is 20.1. The van der Waals surface area contributed by atoms with Crippen LogP contribution in [0.5, 0.6) is 0 Å². The van der Waals surface area contributed by atoms with Crippen LogP contribution in [0.2, 0.25) is 0 Å². The van der Waals surface area contributed by atoms with Crippen LogP contribution in [0, 0.1) is 5.41 Å². The summed E-state index contributed by atoms with van der Waals surface area (Å²) in [4.78, 5) is 33.7. The molecule has 0 aromatic carbocycles. The fourth-order valence-electron chi connectivity index (χ4n) is 3.49. The predicted octanol–water partition coefficient (Wildman–Crippen LogP) is 2.91. The van der Waals surface area contributed by atoms with Crippen molar-refractivity contribution in [2.75, 3.05) is 36.8 Å². The summed E-state index contributed by atoms with van der Waals surface area (Å²) in [5.74, 6) is -0.0261. The van der Waals surface area contributed by atoms with Gasteiger partial charge in [-0.1, -0.05) is 37.5 Å². The first-order valence-corrected chi connectivity index (χ1v) is 11.7. The summed E-state index contributed by atoms with van der Waals surface area (Å²) in [6.07, 6.45) is 13.3. The van der Waals surface area contributed by atoms with Crippen LogP contribution in [0.4, 0.5) is 16.2 Å². The third-order valence-electron chi connectivity index (χ3n) is 5.45. The first kappa shape index (κ1) is 25.1. The minimum Gasteiger partial charge on any atom is -0.369 e. The van der Waals surface area contributed by atoms with Gasteiger partial charge in [0.25, 0.3) is 11.8 Å². The number of hydrogen-bond acceptors (Lipinski definition) is 7. The number of anilines is 2. The lowest BCUT2D eigenvalue weighted by molar-refractivity contribution is -0.115. The van der Waals surface area contributed by atoms with Gasteiger partial charge in [-0.3, -0.25) is 15.0 Å². The lowest BCUT2D eigenvalue weighted by atomic mass is 10.1. The van der Waals surface area contributed by atoms with Gasteiger partial charge in [-0.05, 0) is 30.6 Å². The molecule has 5 N–H and O–H groups in total. The van der Waals surface area contributed by atoms with E-state index in [9.17, 15) is 14.0 Å². The summed E-state index contributed by atoms with van der Waals surface area (Å²) < 4.78 is 13.4. The zero-order chi connectivity index (χ0) is 24.2. The zero-order valence-corrected chi connectivity index (χ0v) is 19.2. The number of nitrogens with one attached hydrogen (secondary N) is 5. The van der Waals surface area contributed by atoms with E-state index in [1.807, 2.05) is 0 Å². The van der Waals surface area contributed by atoms with Crippen molar-refractivity contribution in [2.45, 2.75) is 44.7 Å². The van der Waals surface area contributed by atoms with Crippen LogP contribution in [-0.2, 0) is 4.79 Å². The second kappa shape index (κ2) is 13.2. The lowest BCUT2D eigenvalue weighted by Crippen LogP contribution is -2.32.